The van der Waals surface area contributed by atoms with Gasteiger partial charge in [0.25, 0.3) is 0 Å². The first-order valence-electron chi connectivity index (χ1n) is 7.06. The van der Waals surface area contributed by atoms with Gasteiger partial charge in [-0.3, -0.25) is 0 Å². The highest BCUT2D eigenvalue weighted by Crippen LogP contribution is 2.27. The lowest BCUT2D eigenvalue weighted by molar-refractivity contribution is 0.354. The first-order valence-corrected chi connectivity index (χ1v) is 7.47. The Kier molecular flexibility index (Phi) is 6.05. The number of nitrogens with one attached hydrogen (secondary N) is 2. The number of methoxy groups -OCH3 is 3. The Labute approximate surface area is 141 Å². The van der Waals surface area contributed by atoms with Crippen LogP contribution in [-0.4, -0.2) is 26.4 Å². The third kappa shape index (κ3) is 4.50. The molecule has 0 spiro atoms. The van der Waals surface area contributed by atoms with E-state index < -0.39 is 0 Å². The quantitative estimate of drug-likeness (QED) is 0.792. The van der Waals surface area contributed by atoms with E-state index in [1.54, 1.807) is 21.3 Å². The van der Waals surface area contributed by atoms with Crippen molar-refractivity contribution in [3.63, 3.8) is 0 Å². The Morgan fingerprint density at radius 3 is 2.30 bits per heavy atom. The van der Waals surface area contributed by atoms with Gasteiger partial charge in [0.2, 0.25) is 0 Å². The van der Waals surface area contributed by atoms with Crippen molar-refractivity contribution in [3.8, 4) is 17.2 Å². The van der Waals surface area contributed by atoms with Crippen molar-refractivity contribution >= 4 is 23.0 Å². The standard InChI is InChI=1S/C17H20N2O3S/c1-20-14-7-5-4-6-13(14)19-17(23)18-11-12-8-9-15(21-2)16(10-12)22-3/h4-10H,11H2,1-3H3,(H2,18,19,23). The molecule has 23 heavy (non-hydrogen) atoms. The number of anilines is 1. The van der Waals surface area contributed by atoms with Crippen LogP contribution in [0.4, 0.5) is 5.69 Å². The molecule has 0 amide bonds. The highest BCUT2D eigenvalue weighted by molar-refractivity contribution is 7.80. The SMILES string of the molecule is COc1ccccc1NC(=S)NCc1ccc(OC)c(OC)c1. The molecule has 0 saturated carbocycles. The first kappa shape index (κ1) is 16.9. The smallest absolute Gasteiger partial charge is 0.171 e. The molecular formula is C17H20N2O3S. The molecule has 0 fully saturated rings. The minimum absolute atomic E-state index is 0.518. The summed E-state index contributed by atoms with van der Waals surface area (Å²) in [7, 11) is 4.85. The van der Waals surface area contributed by atoms with Gasteiger partial charge < -0.3 is 24.8 Å². The molecule has 6 heteroatoms. The average Bonchev–Trinajstić information content (AvgIpc) is 2.60. The molecule has 0 bridgehead atoms. The average molecular weight is 332 g/mol. The molecule has 0 aliphatic carbocycles. The molecule has 0 heterocycles. The van der Waals surface area contributed by atoms with Crippen LogP contribution < -0.4 is 24.8 Å². The van der Waals surface area contributed by atoms with Crippen LogP contribution in [0.1, 0.15) is 5.56 Å². The fourth-order valence-corrected chi connectivity index (χ4v) is 2.27. The Morgan fingerprint density at radius 2 is 1.61 bits per heavy atom. The van der Waals surface area contributed by atoms with Gasteiger partial charge in [-0.1, -0.05) is 18.2 Å². The van der Waals surface area contributed by atoms with Crippen molar-refractivity contribution in [1.29, 1.82) is 0 Å². The number of benzene rings is 2. The largest absolute Gasteiger partial charge is 0.495 e. The Bertz CT molecular complexity index is 677. The van der Waals surface area contributed by atoms with E-state index >= 15 is 0 Å². The fourth-order valence-electron chi connectivity index (χ4n) is 2.09. The molecule has 0 aromatic heterocycles. The van der Waals surface area contributed by atoms with Crippen LogP contribution in [0.15, 0.2) is 42.5 Å². The molecule has 0 saturated heterocycles. The maximum atomic E-state index is 5.32. The second-order valence-corrected chi connectivity index (χ2v) is 5.11. The van der Waals surface area contributed by atoms with Gasteiger partial charge in [0.15, 0.2) is 16.6 Å². The minimum atomic E-state index is 0.518. The molecule has 0 aliphatic heterocycles. The lowest BCUT2D eigenvalue weighted by Gasteiger charge is -2.14. The minimum Gasteiger partial charge on any atom is -0.495 e. The first-order chi connectivity index (χ1) is 11.2. The number of ether oxygens (including phenoxy) is 3. The summed E-state index contributed by atoms with van der Waals surface area (Å²) in [4.78, 5) is 0. The zero-order valence-electron chi connectivity index (χ0n) is 13.4. The summed E-state index contributed by atoms with van der Waals surface area (Å²) in [5, 5.41) is 6.80. The van der Waals surface area contributed by atoms with Crippen LogP contribution in [0, 0.1) is 0 Å². The molecule has 5 nitrogen and oxygen atoms in total. The normalized spacial score (nSPS) is 9.87. The van der Waals surface area contributed by atoms with Crippen molar-refractivity contribution in [2.24, 2.45) is 0 Å². The summed E-state index contributed by atoms with van der Waals surface area (Å²) in [6, 6.07) is 13.3. The molecule has 122 valence electrons. The second kappa shape index (κ2) is 8.24. The molecular weight excluding hydrogens is 312 g/mol. The van der Waals surface area contributed by atoms with E-state index in [0.29, 0.717) is 23.2 Å². The van der Waals surface area contributed by atoms with Crippen molar-refractivity contribution in [2.45, 2.75) is 6.54 Å². The summed E-state index contributed by atoms with van der Waals surface area (Å²) in [5.74, 6) is 2.13. The maximum absolute atomic E-state index is 5.32. The predicted molar refractivity (Wildman–Crippen MR) is 95.6 cm³/mol. The van der Waals surface area contributed by atoms with Crippen LogP contribution in [0.3, 0.4) is 0 Å². The Morgan fingerprint density at radius 1 is 0.913 bits per heavy atom. The maximum Gasteiger partial charge on any atom is 0.171 e. The van der Waals surface area contributed by atoms with Gasteiger partial charge in [-0.15, -0.1) is 0 Å². The highest BCUT2D eigenvalue weighted by atomic mass is 32.1. The topological polar surface area (TPSA) is 51.8 Å². The van der Waals surface area contributed by atoms with Crippen LogP contribution >= 0.6 is 12.2 Å². The van der Waals surface area contributed by atoms with Crippen LogP contribution in [0.2, 0.25) is 0 Å². The van der Waals surface area contributed by atoms with Gasteiger partial charge in [-0.2, -0.15) is 0 Å². The Hall–Kier alpha value is -2.47. The van der Waals surface area contributed by atoms with Crippen LogP contribution in [0.25, 0.3) is 0 Å². The summed E-state index contributed by atoms with van der Waals surface area (Å²) < 4.78 is 15.8. The highest BCUT2D eigenvalue weighted by Gasteiger charge is 2.06. The summed E-state index contributed by atoms with van der Waals surface area (Å²) in [6.45, 7) is 0.571. The molecule has 0 atom stereocenters. The zero-order chi connectivity index (χ0) is 16.7. The molecule has 0 unspecified atom stereocenters. The van der Waals surface area contributed by atoms with Crippen molar-refractivity contribution < 1.29 is 14.2 Å². The third-order valence-corrected chi connectivity index (χ3v) is 3.50. The van der Waals surface area contributed by atoms with E-state index in [0.717, 1.165) is 17.0 Å². The predicted octanol–water partition coefficient (Wildman–Crippen LogP) is 3.20. The van der Waals surface area contributed by atoms with Crippen molar-refractivity contribution in [2.75, 3.05) is 26.6 Å². The lowest BCUT2D eigenvalue weighted by atomic mass is 10.2. The number of para-hydroxylation sites is 2. The van der Waals surface area contributed by atoms with Gasteiger partial charge in [0.1, 0.15) is 5.75 Å². The summed E-state index contributed by atoms with van der Waals surface area (Å²) in [5.41, 5.74) is 1.85. The summed E-state index contributed by atoms with van der Waals surface area (Å²) >= 11 is 5.32. The molecule has 2 aromatic rings. The molecule has 0 aliphatic rings. The van der Waals surface area contributed by atoms with Gasteiger partial charge in [0.05, 0.1) is 27.0 Å². The van der Waals surface area contributed by atoms with Gasteiger partial charge >= 0.3 is 0 Å². The number of thiocarbonyl (C=S) groups is 1. The van der Waals surface area contributed by atoms with E-state index in [4.69, 9.17) is 26.4 Å². The third-order valence-electron chi connectivity index (χ3n) is 3.26. The zero-order valence-corrected chi connectivity index (χ0v) is 14.2. The monoisotopic (exact) mass is 332 g/mol. The lowest BCUT2D eigenvalue weighted by Crippen LogP contribution is -2.28. The van der Waals surface area contributed by atoms with E-state index in [1.165, 1.54) is 0 Å². The number of hydrogen-bond donors (Lipinski definition) is 2. The van der Waals surface area contributed by atoms with Crippen molar-refractivity contribution in [3.05, 3.63) is 48.0 Å². The van der Waals surface area contributed by atoms with Crippen molar-refractivity contribution in [1.82, 2.24) is 5.32 Å². The summed E-state index contributed by atoms with van der Waals surface area (Å²) in [6.07, 6.45) is 0. The molecule has 2 N–H and O–H groups in total. The van der Waals surface area contributed by atoms with Crippen LogP contribution in [-0.2, 0) is 6.54 Å². The number of hydrogen-bond acceptors (Lipinski definition) is 4. The number of rotatable bonds is 6. The van der Waals surface area contributed by atoms with Crippen LogP contribution in [0.5, 0.6) is 17.2 Å². The van der Waals surface area contributed by atoms with Gasteiger partial charge in [-0.05, 0) is 42.0 Å². The molecule has 2 rings (SSSR count). The Balaban J connectivity index is 1.96. The fraction of sp³-hybridized carbons (Fsp3) is 0.235. The second-order valence-electron chi connectivity index (χ2n) is 4.70. The van der Waals surface area contributed by atoms with E-state index in [1.807, 2.05) is 42.5 Å². The van der Waals surface area contributed by atoms with E-state index in [-0.39, 0.29) is 0 Å². The van der Waals surface area contributed by atoms with Gasteiger partial charge in [0, 0.05) is 6.54 Å². The molecule has 2 aromatic carbocycles. The van der Waals surface area contributed by atoms with E-state index in [2.05, 4.69) is 10.6 Å². The molecule has 0 radical (unpaired) electrons. The van der Waals surface area contributed by atoms with E-state index in [9.17, 15) is 0 Å². The van der Waals surface area contributed by atoms with Gasteiger partial charge in [-0.25, -0.2) is 0 Å².